The highest BCUT2D eigenvalue weighted by Crippen LogP contribution is 2.29. The Bertz CT molecular complexity index is 1030. The molecule has 1 aliphatic heterocycles. The number of amides is 1. The molecule has 0 spiro atoms. The molecule has 31 heavy (non-hydrogen) atoms. The van der Waals surface area contributed by atoms with Crippen LogP contribution in [0.3, 0.4) is 0 Å². The third-order valence-electron chi connectivity index (χ3n) is 4.94. The molecule has 0 bridgehead atoms. The highest BCUT2D eigenvalue weighted by atomic mass is 32.2. The molecule has 164 valence electrons. The van der Waals surface area contributed by atoms with Crippen LogP contribution in [-0.4, -0.2) is 50.6 Å². The number of carbonyl (C=O) groups is 1. The zero-order valence-corrected chi connectivity index (χ0v) is 18.0. The van der Waals surface area contributed by atoms with Crippen LogP contribution in [0.5, 0.6) is 5.75 Å². The van der Waals surface area contributed by atoms with Crippen molar-refractivity contribution < 1.29 is 18.8 Å². The van der Waals surface area contributed by atoms with E-state index < -0.39 is 0 Å². The molecule has 0 radical (unpaired) electrons. The number of primary amides is 1. The largest absolute Gasteiger partial charge is 0.496 e. The number of para-hydroxylation sites is 1. The molecule has 3 aromatic rings. The van der Waals surface area contributed by atoms with Crippen molar-refractivity contribution in [1.82, 2.24) is 24.9 Å². The number of hydrogen-bond acceptors (Lipinski definition) is 9. The molecule has 4 rings (SSSR count). The Morgan fingerprint density at radius 1 is 1.35 bits per heavy atom. The number of nitrogens with two attached hydrogens (primary N) is 1. The number of ether oxygens (including phenoxy) is 2. The number of methoxy groups -OCH3 is 1. The van der Waals surface area contributed by atoms with Gasteiger partial charge in [0.1, 0.15) is 11.6 Å². The Balaban J connectivity index is 1.47. The predicted molar refractivity (Wildman–Crippen MR) is 112 cm³/mol. The van der Waals surface area contributed by atoms with Gasteiger partial charge in [0.2, 0.25) is 17.6 Å². The summed E-state index contributed by atoms with van der Waals surface area (Å²) in [6.07, 6.45) is 2.81. The first-order chi connectivity index (χ1) is 15.1. The van der Waals surface area contributed by atoms with Crippen LogP contribution in [0.1, 0.15) is 31.0 Å². The molecule has 10 nitrogen and oxygen atoms in total. The Labute approximate surface area is 183 Å². The molecule has 1 atom stereocenters. The minimum atomic E-state index is -0.365. The van der Waals surface area contributed by atoms with Crippen LogP contribution in [0.4, 0.5) is 0 Å². The third kappa shape index (κ3) is 5.23. The molecule has 1 unspecified atom stereocenters. The molecule has 3 heterocycles. The Morgan fingerprint density at radius 2 is 2.23 bits per heavy atom. The smallest absolute Gasteiger partial charge is 0.237 e. The molecule has 2 N–H and O–H groups in total. The molecule has 1 saturated heterocycles. The number of hydrogen-bond donors (Lipinski definition) is 1. The topological polar surface area (TPSA) is 131 Å². The van der Waals surface area contributed by atoms with E-state index in [2.05, 4.69) is 20.3 Å². The van der Waals surface area contributed by atoms with Gasteiger partial charge in [-0.2, -0.15) is 4.98 Å². The molecule has 1 aliphatic rings. The minimum absolute atomic E-state index is 0.114. The van der Waals surface area contributed by atoms with Gasteiger partial charge in [-0.15, -0.1) is 10.2 Å². The van der Waals surface area contributed by atoms with Crippen LogP contribution in [0.25, 0.3) is 11.4 Å². The van der Waals surface area contributed by atoms with Crippen molar-refractivity contribution in [3.8, 4) is 17.1 Å². The van der Waals surface area contributed by atoms with E-state index in [-0.39, 0.29) is 18.4 Å². The van der Waals surface area contributed by atoms with Crippen molar-refractivity contribution in [3.63, 3.8) is 0 Å². The fraction of sp³-hybridized carbons (Fsp3) is 0.450. The number of thioether (sulfide) groups is 1. The van der Waals surface area contributed by atoms with Crippen LogP contribution in [0.15, 0.2) is 33.9 Å². The lowest BCUT2D eigenvalue weighted by atomic mass is 10.2. The lowest BCUT2D eigenvalue weighted by molar-refractivity contribution is -0.118. The SMILES string of the molecule is COc1ccccc1-c1noc(CSc2nnc(CCC(N)=O)n2CC2CCCO2)n1. The van der Waals surface area contributed by atoms with Gasteiger partial charge in [-0.05, 0) is 25.0 Å². The van der Waals surface area contributed by atoms with Crippen LogP contribution in [0, 0.1) is 0 Å². The number of benzene rings is 1. The van der Waals surface area contributed by atoms with Gasteiger partial charge in [-0.25, -0.2) is 0 Å². The van der Waals surface area contributed by atoms with Gasteiger partial charge in [0, 0.05) is 19.4 Å². The van der Waals surface area contributed by atoms with Crippen LogP contribution in [0.2, 0.25) is 0 Å². The monoisotopic (exact) mass is 444 g/mol. The predicted octanol–water partition coefficient (Wildman–Crippen LogP) is 2.23. The summed E-state index contributed by atoms with van der Waals surface area (Å²) in [6.45, 7) is 1.40. The molecule has 1 amide bonds. The second-order valence-corrected chi connectivity index (χ2v) is 8.05. The van der Waals surface area contributed by atoms with E-state index in [9.17, 15) is 4.79 Å². The maximum absolute atomic E-state index is 11.2. The Morgan fingerprint density at radius 3 is 3.00 bits per heavy atom. The molecule has 0 saturated carbocycles. The highest BCUT2D eigenvalue weighted by Gasteiger charge is 2.22. The summed E-state index contributed by atoms with van der Waals surface area (Å²) in [5.74, 6) is 2.40. The van der Waals surface area contributed by atoms with E-state index in [1.54, 1.807) is 7.11 Å². The molecule has 0 aliphatic carbocycles. The van der Waals surface area contributed by atoms with Crippen molar-refractivity contribution >= 4 is 17.7 Å². The Hall–Kier alpha value is -2.92. The summed E-state index contributed by atoms with van der Waals surface area (Å²) in [6, 6.07) is 7.50. The first-order valence-electron chi connectivity index (χ1n) is 10.0. The van der Waals surface area contributed by atoms with Crippen molar-refractivity contribution in [2.45, 2.75) is 49.2 Å². The van der Waals surface area contributed by atoms with Crippen molar-refractivity contribution in [2.75, 3.05) is 13.7 Å². The lowest BCUT2D eigenvalue weighted by Gasteiger charge is -2.14. The number of aromatic nitrogens is 5. The summed E-state index contributed by atoms with van der Waals surface area (Å²) in [7, 11) is 1.60. The highest BCUT2D eigenvalue weighted by molar-refractivity contribution is 7.98. The second-order valence-electron chi connectivity index (χ2n) is 7.11. The summed E-state index contributed by atoms with van der Waals surface area (Å²) in [5, 5.41) is 13.4. The summed E-state index contributed by atoms with van der Waals surface area (Å²) in [4.78, 5) is 15.7. The van der Waals surface area contributed by atoms with Crippen LogP contribution < -0.4 is 10.5 Å². The summed E-state index contributed by atoms with van der Waals surface area (Å²) >= 11 is 1.45. The number of carbonyl (C=O) groups excluding carboxylic acids is 1. The molecular formula is C20H24N6O4S. The molecular weight excluding hydrogens is 420 g/mol. The summed E-state index contributed by atoms with van der Waals surface area (Å²) in [5.41, 5.74) is 6.07. The van der Waals surface area contributed by atoms with E-state index in [1.807, 2.05) is 28.8 Å². The fourth-order valence-corrected chi connectivity index (χ4v) is 4.20. The zero-order valence-electron chi connectivity index (χ0n) is 17.2. The normalized spacial score (nSPS) is 16.0. The van der Waals surface area contributed by atoms with Gasteiger partial charge in [-0.3, -0.25) is 4.79 Å². The maximum Gasteiger partial charge on any atom is 0.237 e. The van der Waals surface area contributed by atoms with E-state index in [0.29, 0.717) is 41.3 Å². The fourth-order valence-electron chi connectivity index (χ4n) is 3.40. The van der Waals surface area contributed by atoms with Gasteiger partial charge < -0.3 is 24.3 Å². The van der Waals surface area contributed by atoms with Crippen LogP contribution in [-0.2, 0) is 28.2 Å². The van der Waals surface area contributed by atoms with Gasteiger partial charge in [-0.1, -0.05) is 29.1 Å². The van der Waals surface area contributed by atoms with Gasteiger partial charge in [0.05, 0.1) is 31.1 Å². The van der Waals surface area contributed by atoms with Crippen molar-refractivity contribution in [1.29, 1.82) is 0 Å². The second kappa shape index (κ2) is 9.92. The standard InChI is InChI=1S/C20H24N6O4S/c1-28-15-7-3-2-6-14(15)19-22-18(30-25-19)12-31-20-24-23-17(9-8-16(21)27)26(20)11-13-5-4-10-29-13/h2-3,6-7,13H,4-5,8-12H2,1H3,(H2,21,27). The minimum Gasteiger partial charge on any atom is -0.496 e. The third-order valence-corrected chi connectivity index (χ3v) is 5.89. The van der Waals surface area contributed by atoms with Gasteiger partial charge in [0.25, 0.3) is 0 Å². The van der Waals surface area contributed by atoms with Crippen molar-refractivity contribution in [2.24, 2.45) is 5.73 Å². The van der Waals surface area contributed by atoms with Crippen LogP contribution >= 0.6 is 11.8 Å². The van der Waals surface area contributed by atoms with E-state index >= 15 is 0 Å². The first-order valence-corrected chi connectivity index (χ1v) is 11.0. The molecule has 11 heteroatoms. The maximum atomic E-state index is 11.2. The van der Waals surface area contributed by atoms with E-state index in [1.165, 1.54) is 11.8 Å². The number of nitrogens with zero attached hydrogens (tertiary/aromatic N) is 5. The first kappa shape index (κ1) is 21.3. The lowest BCUT2D eigenvalue weighted by Crippen LogP contribution is -2.19. The number of aryl methyl sites for hydroxylation is 1. The molecule has 1 fully saturated rings. The average molecular weight is 445 g/mol. The number of rotatable bonds is 10. The zero-order chi connectivity index (χ0) is 21.6. The molecule has 1 aromatic carbocycles. The van der Waals surface area contributed by atoms with E-state index in [4.69, 9.17) is 19.7 Å². The molecule has 2 aromatic heterocycles. The average Bonchev–Trinajstić information content (AvgIpc) is 3.53. The van der Waals surface area contributed by atoms with Crippen molar-refractivity contribution in [3.05, 3.63) is 36.0 Å². The Kier molecular flexibility index (Phi) is 6.82. The quantitative estimate of drug-likeness (QED) is 0.468. The van der Waals surface area contributed by atoms with E-state index in [0.717, 1.165) is 30.8 Å². The summed E-state index contributed by atoms with van der Waals surface area (Å²) < 4.78 is 18.6. The van der Waals surface area contributed by atoms with Gasteiger partial charge >= 0.3 is 0 Å². The van der Waals surface area contributed by atoms with Gasteiger partial charge in [0.15, 0.2) is 5.16 Å².